The Morgan fingerprint density at radius 1 is 1.30 bits per heavy atom. The third-order valence-electron chi connectivity index (χ3n) is 6.06. The van der Waals surface area contributed by atoms with Crippen LogP contribution < -0.4 is 0 Å². The Morgan fingerprint density at radius 2 is 2.07 bits per heavy atom. The molecule has 2 fully saturated rings. The molecule has 1 aliphatic carbocycles. The van der Waals surface area contributed by atoms with Gasteiger partial charge in [-0.1, -0.05) is 18.1 Å². The molecule has 1 amide bonds. The molecule has 0 unspecified atom stereocenters. The third kappa shape index (κ3) is 4.24. The fourth-order valence-corrected chi connectivity index (χ4v) is 4.33. The average molecular weight is 419 g/mol. The summed E-state index contributed by atoms with van der Waals surface area (Å²) < 4.78 is 38.2. The minimum atomic E-state index is -2.63. The number of aryl methyl sites for hydroxylation is 2. The standard InChI is InChI=1S/C22H27F2N3O3/c1-3-18-20(14(2)26-30-18)17-6-4-5-16(25-17)19-13-27(11-12-29-19)21(28)15-7-9-22(23,24)10-8-15/h4-6,15,19H,3,7-13H2,1-2H3/t19-/m0/s1. The average Bonchev–Trinajstić information content (AvgIpc) is 3.14. The van der Waals surface area contributed by atoms with Crippen LogP contribution in [0.3, 0.4) is 0 Å². The minimum absolute atomic E-state index is 0.0434. The molecular formula is C22H27F2N3O3. The second kappa shape index (κ2) is 8.41. The molecule has 0 N–H and O–H groups in total. The summed E-state index contributed by atoms with van der Waals surface area (Å²) in [7, 11) is 0. The fourth-order valence-electron chi connectivity index (χ4n) is 4.33. The van der Waals surface area contributed by atoms with Gasteiger partial charge in [0, 0.05) is 31.7 Å². The van der Waals surface area contributed by atoms with Gasteiger partial charge in [0.2, 0.25) is 11.8 Å². The van der Waals surface area contributed by atoms with Crippen molar-refractivity contribution in [3.63, 3.8) is 0 Å². The summed E-state index contributed by atoms with van der Waals surface area (Å²) in [6, 6.07) is 5.71. The lowest BCUT2D eigenvalue weighted by molar-refractivity contribution is -0.147. The maximum Gasteiger partial charge on any atom is 0.248 e. The molecule has 6 nitrogen and oxygen atoms in total. The van der Waals surface area contributed by atoms with Gasteiger partial charge in [-0.15, -0.1) is 0 Å². The lowest BCUT2D eigenvalue weighted by atomic mass is 9.85. The molecule has 8 heteroatoms. The number of rotatable bonds is 4. The molecule has 3 heterocycles. The highest BCUT2D eigenvalue weighted by molar-refractivity contribution is 5.79. The van der Waals surface area contributed by atoms with Crippen LogP contribution in [0, 0.1) is 12.8 Å². The topological polar surface area (TPSA) is 68.5 Å². The summed E-state index contributed by atoms with van der Waals surface area (Å²) in [4.78, 5) is 19.4. The van der Waals surface area contributed by atoms with Crippen molar-refractivity contribution >= 4 is 5.91 Å². The van der Waals surface area contributed by atoms with Crippen molar-refractivity contribution in [1.82, 2.24) is 15.0 Å². The van der Waals surface area contributed by atoms with Crippen LogP contribution in [0.5, 0.6) is 0 Å². The largest absolute Gasteiger partial charge is 0.368 e. The zero-order valence-electron chi connectivity index (χ0n) is 17.4. The number of carbonyl (C=O) groups excluding carboxylic acids is 1. The van der Waals surface area contributed by atoms with Gasteiger partial charge in [-0.2, -0.15) is 0 Å². The van der Waals surface area contributed by atoms with Gasteiger partial charge in [0.15, 0.2) is 0 Å². The van der Waals surface area contributed by atoms with Gasteiger partial charge in [-0.25, -0.2) is 13.8 Å². The zero-order chi connectivity index (χ0) is 21.3. The van der Waals surface area contributed by atoms with Crippen molar-refractivity contribution in [2.75, 3.05) is 19.7 Å². The van der Waals surface area contributed by atoms with Crippen LogP contribution in [0.1, 0.15) is 55.9 Å². The number of morpholine rings is 1. The van der Waals surface area contributed by atoms with Crippen molar-refractivity contribution in [3.8, 4) is 11.3 Å². The van der Waals surface area contributed by atoms with E-state index in [1.165, 1.54) is 0 Å². The van der Waals surface area contributed by atoms with Crippen molar-refractivity contribution in [3.05, 3.63) is 35.3 Å². The van der Waals surface area contributed by atoms with Crippen LogP contribution in [0.15, 0.2) is 22.7 Å². The molecule has 1 saturated carbocycles. The Bertz CT molecular complexity index is 905. The predicted octanol–water partition coefficient (Wildman–Crippen LogP) is 4.33. The van der Waals surface area contributed by atoms with Crippen molar-refractivity contribution in [2.45, 2.75) is 58.0 Å². The second-order valence-electron chi connectivity index (χ2n) is 8.14. The van der Waals surface area contributed by atoms with Crippen LogP contribution in [0.25, 0.3) is 11.3 Å². The van der Waals surface area contributed by atoms with E-state index in [9.17, 15) is 13.6 Å². The number of carbonyl (C=O) groups is 1. The van der Waals surface area contributed by atoms with Gasteiger partial charge < -0.3 is 14.2 Å². The Labute approximate surface area is 174 Å². The smallest absolute Gasteiger partial charge is 0.248 e. The van der Waals surface area contributed by atoms with E-state index in [2.05, 4.69) is 5.16 Å². The van der Waals surface area contributed by atoms with E-state index in [-0.39, 0.29) is 43.6 Å². The van der Waals surface area contributed by atoms with E-state index in [0.29, 0.717) is 26.1 Å². The first-order valence-corrected chi connectivity index (χ1v) is 10.6. The first-order valence-electron chi connectivity index (χ1n) is 10.6. The highest BCUT2D eigenvalue weighted by atomic mass is 19.3. The van der Waals surface area contributed by atoms with E-state index >= 15 is 0 Å². The SMILES string of the molecule is CCc1onc(C)c1-c1cccc([C@@H]2CN(C(=O)C3CCC(F)(F)CC3)CCO2)n1. The summed E-state index contributed by atoms with van der Waals surface area (Å²) in [6.45, 7) is 5.15. The van der Waals surface area contributed by atoms with Crippen LogP contribution in [0.2, 0.25) is 0 Å². The van der Waals surface area contributed by atoms with Crippen molar-refractivity contribution < 1.29 is 22.8 Å². The molecule has 2 aromatic rings. The van der Waals surface area contributed by atoms with Gasteiger partial charge in [0.25, 0.3) is 0 Å². The number of ether oxygens (including phenoxy) is 1. The van der Waals surface area contributed by atoms with E-state index < -0.39 is 5.92 Å². The normalized spacial score (nSPS) is 22.3. The molecule has 4 rings (SSSR count). The molecule has 162 valence electrons. The molecule has 0 radical (unpaired) electrons. The Balaban J connectivity index is 1.49. The molecule has 30 heavy (non-hydrogen) atoms. The number of hydrogen-bond donors (Lipinski definition) is 0. The molecule has 1 saturated heterocycles. The molecular weight excluding hydrogens is 392 g/mol. The van der Waals surface area contributed by atoms with E-state index in [4.69, 9.17) is 14.2 Å². The number of amides is 1. The minimum Gasteiger partial charge on any atom is -0.368 e. The summed E-state index contributed by atoms with van der Waals surface area (Å²) >= 11 is 0. The number of pyridine rings is 1. The highest BCUT2D eigenvalue weighted by Gasteiger charge is 2.39. The third-order valence-corrected chi connectivity index (χ3v) is 6.06. The molecule has 1 atom stereocenters. The van der Waals surface area contributed by atoms with Gasteiger partial charge in [0.1, 0.15) is 11.9 Å². The molecule has 1 aliphatic heterocycles. The van der Waals surface area contributed by atoms with Gasteiger partial charge >= 0.3 is 0 Å². The molecule has 0 bridgehead atoms. The maximum absolute atomic E-state index is 13.4. The zero-order valence-corrected chi connectivity index (χ0v) is 17.4. The second-order valence-corrected chi connectivity index (χ2v) is 8.14. The van der Waals surface area contributed by atoms with E-state index in [1.54, 1.807) is 4.90 Å². The first-order chi connectivity index (χ1) is 14.4. The predicted molar refractivity (Wildman–Crippen MR) is 106 cm³/mol. The van der Waals surface area contributed by atoms with Crippen molar-refractivity contribution in [2.24, 2.45) is 5.92 Å². The Hall–Kier alpha value is -2.35. The van der Waals surface area contributed by atoms with Crippen LogP contribution in [-0.4, -0.2) is 46.6 Å². The maximum atomic E-state index is 13.4. The van der Waals surface area contributed by atoms with E-state index in [0.717, 1.165) is 28.4 Å². The fraction of sp³-hybridized carbons (Fsp3) is 0.591. The first kappa shape index (κ1) is 20.9. The van der Waals surface area contributed by atoms with Crippen molar-refractivity contribution in [1.29, 1.82) is 0 Å². The van der Waals surface area contributed by atoms with Gasteiger partial charge in [0.05, 0.1) is 35.8 Å². The lowest BCUT2D eigenvalue weighted by Gasteiger charge is -2.36. The summed E-state index contributed by atoms with van der Waals surface area (Å²) in [5.74, 6) is -2.22. The number of alkyl halides is 2. The van der Waals surface area contributed by atoms with Crippen LogP contribution >= 0.6 is 0 Å². The highest BCUT2D eigenvalue weighted by Crippen LogP contribution is 2.37. The van der Waals surface area contributed by atoms with Gasteiger partial charge in [-0.05, 0) is 31.9 Å². The molecule has 0 spiro atoms. The molecule has 2 aromatic heterocycles. The van der Waals surface area contributed by atoms with E-state index in [1.807, 2.05) is 32.0 Å². The summed E-state index contributed by atoms with van der Waals surface area (Å²) in [6.07, 6.45) is 0.433. The number of halogens is 2. The number of nitrogens with zero attached hydrogens (tertiary/aromatic N) is 3. The Morgan fingerprint density at radius 3 is 2.80 bits per heavy atom. The quantitative estimate of drug-likeness (QED) is 0.738. The summed E-state index contributed by atoms with van der Waals surface area (Å²) in [5, 5.41) is 4.05. The number of aromatic nitrogens is 2. The van der Waals surface area contributed by atoms with Gasteiger partial charge in [-0.3, -0.25) is 4.79 Å². The molecule has 2 aliphatic rings. The van der Waals surface area contributed by atoms with Crippen LogP contribution in [-0.2, 0) is 16.0 Å². The lowest BCUT2D eigenvalue weighted by Crippen LogP contribution is -2.46. The monoisotopic (exact) mass is 419 g/mol. The summed E-state index contributed by atoms with van der Waals surface area (Å²) in [5.41, 5.74) is 3.19. The molecule has 0 aromatic carbocycles. The number of hydrogen-bond acceptors (Lipinski definition) is 5. The van der Waals surface area contributed by atoms with Crippen LogP contribution in [0.4, 0.5) is 8.78 Å². The Kier molecular flexibility index (Phi) is 5.86.